The standard InChI is InChI=1S/C12H22N2O2/c1-9(15)10-4-7-14(8-10)11(16)12(2)5-3-6-13-12/h9-10,13,15H,3-8H2,1-2H3. The van der Waals surface area contributed by atoms with E-state index >= 15 is 0 Å². The normalized spacial score (nSPS) is 36.7. The quantitative estimate of drug-likeness (QED) is 0.715. The molecule has 2 fully saturated rings. The minimum absolute atomic E-state index is 0.216. The van der Waals surface area contributed by atoms with Gasteiger partial charge in [-0.05, 0) is 39.7 Å². The van der Waals surface area contributed by atoms with Crippen LogP contribution in [0.5, 0.6) is 0 Å². The molecule has 0 bridgehead atoms. The van der Waals surface area contributed by atoms with E-state index in [1.165, 1.54) is 0 Å². The van der Waals surface area contributed by atoms with Crippen molar-refractivity contribution in [2.75, 3.05) is 19.6 Å². The van der Waals surface area contributed by atoms with Crippen LogP contribution in [0.1, 0.15) is 33.1 Å². The number of rotatable bonds is 2. The van der Waals surface area contributed by atoms with Gasteiger partial charge in [-0.3, -0.25) is 4.79 Å². The molecule has 4 nitrogen and oxygen atoms in total. The van der Waals surface area contributed by atoms with Crippen LogP contribution >= 0.6 is 0 Å². The van der Waals surface area contributed by atoms with E-state index < -0.39 is 0 Å². The molecule has 16 heavy (non-hydrogen) atoms. The first-order valence-electron chi connectivity index (χ1n) is 6.25. The van der Waals surface area contributed by atoms with E-state index in [1.807, 2.05) is 18.7 Å². The Hall–Kier alpha value is -0.610. The number of aliphatic hydroxyl groups is 1. The lowest BCUT2D eigenvalue weighted by Crippen LogP contribution is -2.52. The molecule has 4 heteroatoms. The third-order valence-electron chi connectivity index (χ3n) is 4.03. The van der Waals surface area contributed by atoms with Gasteiger partial charge in [-0.15, -0.1) is 0 Å². The van der Waals surface area contributed by atoms with Gasteiger partial charge in [0.05, 0.1) is 11.6 Å². The number of likely N-dealkylation sites (tertiary alicyclic amines) is 1. The smallest absolute Gasteiger partial charge is 0.242 e. The molecule has 3 unspecified atom stereocenters. The van der Waals surface area contributed by atoms with Crippen LogP contribution in [0, 0.1) is 5.92 Å². The zero-order chi connectivity index (χ0) is 11.8. The fraction of sp³-hybridized carbons (Fsp3) is 0.917. The molecule has 0 radical (unpaired) electrons. The Bertz CT molecular complexity index is 272. The first kappa shape index (κ1) is 11.9. The van der Waals surface area contributed by atoms with Gasteiger partial charge in [0.2, 0.25) is 5.91 Å². The van der Waals surface area contributed by atoms with Crippen molar-refractivity contribution in [2.45, 2.75) is 44.8 Å². The second-order valence-electron chi connectivity index (χ2n) is 5.40. The van der Waals surface area contributed by atoms with Gasteiger partial charge >= 0.3 is 0 Å². The SMILES string of the molecule is CC(O)C1CCN(C(=O)C2(C)CCCN2)C1. The Labute approximate surface area is 97.0 Å². The lowest BCUT2D eigenvalue weighted by molar-refractivity contribution is -0.136. The van der Waals surface area contributed by atoms with Crippen LogP contribution in [-0.2, 0) is 4.79 Å². The monoisotopic (exact) mass is 226 g/mol. The summed E-state index contributed by atoms with van der Waals surface area (Å²) in [5.74, 6) is 0.474. The molecule has 2 aliphatic heterocycles. The van der Waals surface area contributed by atoms with E-state index in [9.17, 15) is 9.90 Å². The number of amides is 1. The maximum absolute atomic E-state index is 12.3. The summed E-state index contributed by atoms with van der Waals surface area (Å²) >= 11 is 0. The van der Waals surface area contributed by atoms with Crippen LogP contribution in [0.3, 0.4) is 0 Å². The Kier molecular flexibility index (Phi) is 3.22. The van der Waals surface area contributed by atoms with Gasteiger partial charge in [0.1, 0.15) is 0 Å². The van der Waals surface area contributed by atoms with Crippen molar-refractivity contribution in [1.82, 2.24) is 10.2 Å². The third kappa shape index (κ3) is 2.09. The van der Waals surface area contributed by atoms with Crippen molar-refractivity contribution in [3.8, 4) is 0 Å². The molecule has 1 amide bonds. The summed E-state index contributed by atoms with van der Waals surface area (Å²) in [6, 6.07) is 0. The van der Waals surface area contributed by atoms with E-state index in [4.69, 9.17) is 0 Å². The van der Waals surface area contributed by atoms with Crippen LogP contribution in [0.15, 0.2) is 0 Å². The Morgan fingerprint density at radius 3 is 2.88 bits per heavy atom. The summed E-state index contributed by atoms with van der Waals surface area (Å²) < 4.78 is 0. The number of carbonyl (C=O) groups is 1. The van der Waals surface area contributed by atoms with Crippen molar-refractivity contribution in [3.63, 3.8) is 0 Å². The molecular formula is C12H22N2O2. The summed E-state index contributed by atoms with van der Waals surface area (Å²) in [6.07, 6.45) is 2.64. The number of nitrogens with zero attached hydrogens (tertiary/aromatic N) is 1. The van der Waals surface area contributed by atoms with Gasteiger partial charge in [-0.1, -0.05) is 0 Å². The summed E-state index contributed by atoms with van der Waals surface area (Å²) in [7, 11) is 0. The van der Waals surface area contributed by atoms with E-state index in [0.29, 0.717) is 6.54 Å². The van der Waals surface area contributed by atoms with Crippen LogP contribution in [-0.4, -0.2) is 47.2 Å². The fourth-order valence-corrected chi connectivity index (χ4v) is 2.79. The van der Waals surface area contributed by atoms with Gasteiger partial charge < -0.3 is 15.3 Å². The van der Waals surface area contributed by atoms with Crippen molar-refractivity contribution in [3.05, 3.63) is 0 Å². The number of carbonyl (C=O) groups excluding carboxylic acids is 1. The van der Waals surface area contributed by atoms with Crippen molar-refractivity contribution in [2.24, 2.45) is 5.92 Å². The second-order valence-corrected chi connectivity index (χ2v) is 5.40. The molecule has 2 rings (SSSR count). The predicted molar refractivity (Wildman–Crippen MR) is 62.0 cm³/mol. The van der Waals surface area contributed by atoms with Crippen LogP contribution in [0.4, 0.5) is 0 Å². The zero-order valence-electron chi connectivity index (χ0n) is 10.2. The van der Waals surface area contributed by atoms with Crippen LogP contribution in [0.25, 0.3) is 0 Å². The van der Waals surface area contributed by atoms with E-state index in [1.54, 1.807) is 0 Å². The number of hydrogen-bond donors (Lipinski definition) is 2. The number of nitrogens with one attached hydrogen (secondary N) is 1. The highest BCUT2D eigenvalue weighted by molar-refractivity contribution is 5.86. The Morgan fingerprint density at radius 2 is 2.38 bits per heavy atom. The average molecular weight is 226 g/mol. The number of hydrogen-bond acceptors (Lipinski definition) is 3. The molecule has 0 aromatic heterocycles. The van der Waals surface area contributed by atoms with Crippen molar-refractivity contribution >= 4 is 5.91 Å². The van der Waals surface area contributed by atoms with Gasteiger partial charge in [-0.25, -0.2) is 0 Å². The summed E-state index contributed by atoms with van der Waals surface area (Å²) in [5.41, 5.74) is -0.354. The van der Waals surface area contributed by atoms with Gasteiger partial charge in [0, 0.05) is 19.0 Å². The second kappa shape index (κ2) is 4.34. The van der Waals surface area contributed by atoms with Crippen LogP contribution in [0.2, 0.25) is 0 Å². The molecule has 0 aliphatic carbocycles. The molecule has 0 aromatic carbocycles. The largest absolute Gasteiger partial charge is 0.393 e. The molecule has 0 saturated carbocycles. The van der Waals surface area contributed by atoms with E-state index in [2.05, 4.69) is 5.32 Å². The van der Waals surface area contributed by atoms with Crippen LogP contribution < -0.4 is 5.32 Å². The van der Waals surface area contributed by atoms with Crippen molar-refractivity contribution < 1.29 is 9.90 Å². The minimum Gasteiger partial charge on any atom is -0.393 e. The number of aliphatic hydroxyl groups excluding tert-OH is 1. The minimum atomic E-state index is -0.354. The van der Waals surface area contributed by atoms with E-state index in [0.717, 1.165) is 32.4 Å². The topological polar surface area (TPSA) is 52.6 Å². The molecule has 0 spiro atoms. The highest BCUT2D eigenvalue weighted by atomic mass is 16.3. The fourth-order valence-electron chi connectivity index (χ4n) is 2.79. The maximum atomic E-state index is 12.3. The molecular weight excluding hydrogens is 204 g/mol. The Balaban J connectivity index is 1.96. The summed E-state index contributed by atoms with van der Waals surface area (Å²) in [4.78, 5) is 14.2. The highest BCUT2D eigenvalue weighted by Crippen LogP contribution is 2.26. The molecule has 2 N–H and O–H groups in total. The first-order valence-corrected chi connectivity index (χ1v) is 6.25. The lowest BCUT2D eigenvalue weighted by atomic mass is 9.98. The lowest BCUT2D eigenvalue weighted by Gasteiger charge is -2.29. The van der Waals surface area contributed by atoms with Crippen molar-refractivity contribution in [1.29, 1.82) is 0 Å². The predicted octanol–water partition coefficient (Wildman–Crippen LogP) is 0.358. The van der Waals surface area contributed by atoms with E-state index in [-0.39, 0.29) is 23.5 Å². The highest BCUT2D eigenvalue weighted by Gasteiger charge is 2.41. The van der Waals surface area contributed by atoms with Gasteiger partial charge in [-0.2, -0.15) is 0 Å². The molecule has 2 heterocycles. The molecule has 3 atom stereocenters. The third-order valence-corrected chi connectivity index (χ3v) is 4.03. The molecule has 0 aromatic rings. The maximum Gasteiger partial charge on any atom is 0.242 e. The zero-order valence-corrected chi connectivity index (χ0v) is 10.2. The average Bonchev–Trinajstić information content (AvgIpc) is 2.85. The molecule has 92 valence electrons. The summed E-state index contributed by atoms with van der Waals surface area (Å²) in [6.45, 7) is 6.27. The molecule has 2 saturated heterocycles. The van der Waals surface area contributed by atoms with Gasteiger partial charge in [0.15, 0.2) is 0 Å². The summed E-state index contributed by atoms with van der Waals surface area (Å²) in [5, 5.41) is 12.8. The first-order chi connectivity index (χ1) is 7.53. The Morgan fingerprint density at radius 1 is 1.62 bits per heavy atom. The molecule has 2 aliphatic rings. The van der Waals surface area contributed by atoms with Gasteiger partial charge in [0.25, 0.3) is 0 Å².